The molecular formula is C12H13BrN4O2. The highest BCUT2D eigenvalue weighted by atomic mass is 79.9. The van der Waals surface area contributed by atoms with Crippen LogP contribution in [0.4, 0.5) is 11.4 Å². The van der Waals surface area contributed by atoms with Gasteiger partial charge in [0.25, 0.3) is 5.69 Å². The normalized spacial score (nSPS) is 10.5. The number of hydrogen-bond acceptors (Lipinski definition) is 4. The third-order valence-electron chi connectivity index (χ3n) is 2.97. The van der Waals surface area contributed by atoms with Crippen LogP contribution in [0.3, 0.4) is 0 Å². The van der Waals surface area contributed by atoms with Gasteiger partial charge in [-0.3, -0.25) is 14.8 Å². The molecule has 7 heteroatoms. The minimum atomic E-state index is -0.417. The lowest BCUT2D eigenvalue weighted by atomic mass is 10.2. The summed E-state index contributed by atoms with van der Waals surface area (Å²) in [5.41, 5.74) is 3.06. The Morgan fingerprint density at radius 1 is 1.53 bits per heavy atom. The third-order valence-corrected chi connectivity index (χ3v) is 3.63. The van der Waals surface area contributed by atoms with Gasteiger partial charge in [-0.05, 0) is 28.9 Å². The van der Waals surface area contributed by atoms with E-state index < -0.39 is 4.92 Å². The minimum absolute atomic E-state index is 0.0648. The van der Waals surface area contributed by atoms with Gasteiger partial charge in [-0.25, -0.2) is 0 Å². The van der Waals surface area contributed by atoms with Gasteiger partial charge in [0.05, 0.1) is 11.1 Å². The molecule has 1 aromatic carbocycles. The number of benzene rings is 1. The molecule has 1 aromatic heterocycles. The van der Waals surface area contributed by atoms with Crippen molar-refractivity contribution >= 4 is 27.3 Å². The maximum Gasteiger partial charge on any atom is 0.270 e. The zero-order valence-electron chi connectivity index (χ0n) is 10.6. The summed E-state index contributed by atoms with van der Waals surface area (Å²) < 4.78 is 2.48. The third kappa shape index (κ3) is 2.93. The van der Waals surface area contributed by atoms with Gasteiger partial charge in [0, 0.05) is 47.1 Å². The highest BCUT2D eigenvalue weighted by molar-refractivity contribution is 9.10. The van der Waals surface area contributed by atoms with Crippen molar-refractivity contribution < 1.29 is 4.92 Å². The molecule has 0 saturated carbocycles. The summed E-state index contributed by atoms with van der Waals surface area (Å²) >= 11 is 3.32. The molecule has 19 heavy (non-hydrogen) atoms. The number of aromatic nitrogens is 2. The maximum atomic E-state index is 10.6. The molecule has 0 radical (unpaired) electrons. The predicted octanol–water partition coefficient (Wildman–Crippen LogP) is 3.01. The number of hydrogen-bond donors (Lipinski definition) is 1. The van der Waals surface area contributed by atoms with E-state index in [1.54, 1.807) is 6.07 Å². The van der Waals surface area contributed by atoms with Crippen LogP contribution in [-0.2, 0) is 13.6 Å². The van der Waals surface area contributed by atoms with E-state index in [1.165, 1.54) is 12.1 Å². The second-order valence-electron chi connectivity index (χ2n) is 4.15. The summed E-state index contributed by atoms with van der Waals surface area (Å²) in [6, 6.07) is 4.65. The lowest BCUT2D eigenvalue weighted by Crippen LogP contribution is -2.02. The van der Waals surface area contributed by atoms with Crippen LogP contribution >= 0.6 is 15.9 Å². The number of nitrogens with zero attached hydrogens (tertiary/aromatic N) is 3. The molecule has 1 N–H and O–H groups in total. The number of aryl methyl sites for hydroxylation is 1. The van der Waals surface area contributed by atoms with Gasteiger partial charge in [-0.15, -0.1) is 0 Å². The van der Waals surface area contributed by atoms with E-state index in [1.807, 2.05) is 24.9 Å². The molecule has 2 rings (SSSR count). The average Bonchev–Trinajstić information content (AvgIpc) is 2.68. The number of anilines is 1. The number of nitrogens with one attached hydrogen (secondary N) is 1. The summed E-state index contributed by atoms with van der Waals surface area (Å²) in [6.07, 6.45) is 1.81. The molecule has 1 heterocycles. The second-order valence-corrected chi connectivity index (χ2v) is 5.01. The quantitative estimate of drug-likeness (QED) is 0.693. The van der Waals surface area contributed by atoms with Crippen molar-refractivity contribution in [1.29, 1.82) is 0 Å². The van der Waals surface area contributed by atoms with Gasteiger partial charge in [-0.2, -0.15) is 5.10 Å². The van der Waals surface area contributed by atoms with Crippen molar-refractivity contribution in [3.8, 4) is 0 Å². The topological polar surface area (TPSA) is 73.0 Å². The predicted molar refractivity (Wildman–Crippen MR) is 76.1 cm³/mol. The summed E-state index contributed by atoms with van der Waals surface area (Å²) in [4.78, 5) is 10.2. The Kier molecular flexibility index (Phi) is 3.84. The molecule has 0 saturated heterocycles. The number of non-ortho nitro benzene ring substituents is 1. The number of nitro groups is 1. The average molecular weight is 325 g/mol. The van der Waals surface area contributed by atoms with E-state index in [4.69, 9.17) is 0 Å². The van der Waals surface area contributed by atoms with E-state index in [0.717, 1.165) is 16.9 Å². The van der Waals surface area contributed by atoms with Crippen molar-refractivity contribution in [2.75, 3.05) is 5.32 Å². The van der Waals surface area contributed by atoms with E-state index in [0.29, 0.717) is 11.0 Å². The standard InChI is InChI=1S/C12H13BrN4O2/c1-8-9(7-15-16(8)2)6-14-12-4-3-10(17(18)19)5-11(12)13/h3-5,7,14H,6H2,1-2H3. The largest absolute Gasteiger partial charge is 0.380 e. The van der Waals surface area contributed by atoms with Gasteiger partial charge in [0.15, 0.2) is 0 Å². The molecule has 0 fully saturated rings. The van der Waals surface area contributed by atoms with Gasteiger partial charge in [0.1, 0.15) is 0 Å². The van der Waals surface area contributed by atoms with Crippen molar-refractivity contribution in [3.05, 3.63) is 50.2 Å². The molecule has 0 atom stereocenters. The van der Waals surface area contributed by atoms with Gasteiger partial charge >= 0.3 is 0 Å². The van der Waals surface area contributed by atoms with Crippen LogP contribution in [0.1, 0.15) is 11.3 Å². The van der Waals surface area contributed by atoms with Crippen molar-refractivity contribution in [3.63, 3.8) is 0 Å². The first kappa shape index (κ1) is 13.5. The lowest BCUT2D eigenvalue weighted by Gasteiger charge is -2.08. The summed E-state index contributed by atoms with van der Waals surface area (Å²) in [5.74, 6) is 0. The fourth-order valence-corrected chi connectivity index (χ4v) is 2.18. The van der Waals surface area contributed by atoms with Crippen LogP contribution in [-0.4, -0.2) is 14.7 Å². The lowest BCUT2D eigenvalue weighted by molar-refractivity contribution is -0.384. The van der Waals surface area contributed by atoms with E-state index in [9.17, 15) is 10.1 Å². The molecule has 0 aliphatic carbocycles. The van der Waals surface area contributed by atoms with Crippen molar-refractivity contribution in [2.24, 2.45) is 7.05 Å². The molecule has 6 nitrogen and oxygen atoms in total. The summed E-state index contributed by atoms with van der Waals surface area (Å²) in [6.45, 7) is 2.62. The van der Waals surface area contributed by atoms with Crippen LogP contribution in [0.15, 0.2) is 28.9 Å². The zero-order valence-corrected chi connectivity index (χ0v) is 12.1. The molecule has 0 aliphatic rings. The molecular weight excluding hydrogens is 312 g/mol. The fourth-order valence-electron chi connectivity index (χ4n) is 1.67. The Hall–Kier alpha value is -1.89. The fraction of sp³-hybridized carbons (Fsp3) is 0.250. The Bertz CT molecular complexity index is 624. The van der Waals surface area contributed by atoms with Crippen LogP contribution in [0.25, 0.3) is 0 Å². The first-order chi connectivity index (χ1) is 8.99. The summed E-state index contributed by atoms with van der Waals surface area (Å²) in [5, 5.41) is 18.0. The van der Waals surface area contributed by atoms with E-state index in [-0.39, 0.29) is 5.69 Å². The molecule has 100 valence electrons. The van der Waals surface area contributed by atoms with Gasteiger partial charge in [-0.1, -0.05) is 0 Å². The number of nitro benzene ring substituents is 1. The minimum Gasteiger partial charge on any atom is -0.380 e. The second kappa shape index (κ2) is 5.40. The Morgan fingerprint density at radius 2 is 2.26 bits per heavy atom. The molecule has 2 aromatic rings. The SMILES string of the molecule is Cc1c(CNc2ccc([N+](=O)[O-])cc2Br)cnn1C. The zero-order chi connectivity index (χ0) is 14.0. The van der Waals surface area contributed by atoms with Crippen LogP contribution < -0.4 is 5.32 Å². The van der Waals surface area contributed by atoms with Crippen LogP contribution in [0, 0.1) is 17.0 Å². The highest BCUT2D eigenvalue weighted by Gasteiger charge is 2.09. The molecule has 0 aliphatic heterocycles. The Labute approximate surface area is 118 Å². The Morgan fingerprint density at radius 3 is 2.79 bits per heavy atom. The smallest absolute Gasteiger partial charge is 0.270 e. The summed E-state index contributed by atoms with van der Waals surface area (Å²) in [7, 11) is 1.89. The van der Waals surface area contributed by atoms with Crippen LogP contribution in [0.2, 0.25) is 0 Å². The van der Waals surface area contributed by atoms with E-state index in [2.05, 4.69) is 26.3 Å². The molecule has 0 unspecified atom stereocenters. The van der Waals surface area contributed by atoms with E-state index >= 15 is 0 Å². The van der Waals surface area contributed by atoms with Gasteiger partial charge < -0.3 is 5.32 Å². The highest BCUT2D eigenvalue weighted by Crippen LogP contribution is 2.27. The monoisotopic (exact) mass is 324 g/mol. The van der Waals surface area contributed by atoms with Crippen molar-refractivity contribution in [2.45, 2.75) is 13.5 Å². The van der Waals surface area contributed by atoms with Crippen LogP contribution in [0.5, 0.6) is 0 Å². The van der Waals surface area contributed by atoms with Crippen molar-refractivity contribution in [1.82, 2.24) is 9.78 Å². The molecule has 0 spiro atoms. The molecule has 0 bridgehead atoms. The molecule has 0 amide bonds. The first-order valence-corrected chi connectivity index (χ1v) is 6.43. The number of rotatable bonds is 4. The maximum absolute atomic E-state index is 10.6. The Balaban J connectivity index is 2.12. The van der Waals surface area contributed by atoms with Gasteiger partial charge in [0.2, 0.25) is 0 Å². The number of halogens is 1. The first-order valence-electron chi connectivity index (χ1n) is 5.64.